The van der Waals surface area contributed by atoms with Gasteiger partial charge in [-0.2, -0.15) is 0 Å². The third-order valence-corrected chi connectivity index (χ3v) is 10.7. The number of benzene rings is 1. The fourth-order valence-electron chi connectivity index (χ4n) is 7.77. The minimum absolute atomic E-state index is 0.660. The van der Waals surface area contributed by atoms with Gasteiger partial charge in [-0.25, -0.2) is 9.97 Å². The summed E-state index contributed by atoms with van der Waals surface area (Å²) in [4.78, 5) is 9.66. The van der Waals surface area contributed by atoms with Gasteiger partial charge in [-0.15, -0.1) is 0 Å². The van der Waals surface area contributed by atoms with Crippen molar-refractivity contribution in [3.05, 3.63) is 47.8 Å². The quantitative estimate of drug-likeness (QED) is 0.170. The first-order valence-corrected chi connectivity index (χ1v) is 18.2. The Morgan fingerprint density at radius 3 is 1.37 bits per heavy atom. The van der Waals surface area contributed by atoms with E-state index in [0.29, 0.717) is 5.92 Å². The van der Waals surface area contributed by atoms with E-state index in [1.807, 2.05) is 0 Å². The maximum atomic E-state index is 4.83. The second kappa shape index (κ2) is 18.8. The molecule has 2 fully saturated rings. The zero-order chi connectivity index (χ0) is 28.5. The van der Waals surface area contributed by atoms with Crippen molar-refractivity contribution in [1.82, 2.24) is 9.97 Å². The molecule has 4 rings (SSSR count). The molecule has 0 atom stereocenters. The second-order valence-electron chi connectivity index (χ2n) is 13.9. The second-order valence-corrected chi connectivity index (χ2v) is 13.9. The summed E-state index contributed by atoms with van der Waals surface area (Å²) in [5.41, 5.74) is 4.05. The fourth-order valence-corrected chi connectivity index (χ4v) is 7.77. The Kier molecular flexibility index (Phi) is 14.7. The smallest absolute Gasteiger partial charge is 0.159 e. The molecule has 0 bridgehead atoms. The van der Waals surface area contributed by atoms with Crippen LogP contribution in [0.25, 0.3) is 11.4 Å². The highest BCUT2D eigenvalue weighted by Gasteiger charge is 2.24. The van der Waals surface area contributed by atoms with Crippen molar-refractivity contribution in [2.75, 3.05) is 0 Å². The van der Waals surface area contributed by atoms with Crippen LogP contribution in [0.4, 0.5) is 0 Å². The normalized spacial score (nSPS) is 23.1. The molecule has 0 amide bonds. The average molecular weight is 559 g/mol. The van der Waals surface area contributed by atoms with Crippen molar-refractivity contribution in [2.45, 2.75) is 173 Å². The lowest BCUT2D eigenvalue weighted by Gasteiger charge is -2.29. The first-order chi connectivity index (χ1) is 20.3. The number of hydrogen-bond donors (Lipinski definition) is 0. The van der Waals surface area contributed by atoms with Gasteiger partial charge in [-0.05, 0) is 86.2 Å². The molecule has 2 saturated carbocycles. The Morgan fingerprint density at radius 2 is 0.902 bits per heavy atom. The van der Waals surface area contributed by atoms with Crippen LogP contribution in [-0.2, 0) is 0 Å². The highest BCUT2D eigenvalue weighted by atomic mass is 14.9. The van der Waals surface area contributed by atoms with Gasteiger partial charge in [0.2, 0.25) is 0 Å². The summed E-state index contributed by atoms with van der Waals surface area (Å²) in [5, 5.41) is 0. The SMILES string of the molecule is CCCCCCCCCC[C@H]1CC[C@H](c2cnc(-c3ccc([C@H]4CC[C@H](CCCCCCC)CC4)cc3)nc2)CC1. The van der Waals surface area contributed by atoms with Crippen LogP contribution in [0.2, 0.25) is 0 Å². The van der Waals surface area contributed by atoms with Gasteiger partial charge in [-0.1, -0.05) is 134 Å². The molecule has 1 aromatic carbocycles. The van der Waals surface area contributed by atoms with Crippen molar-refractivity contribution in [3.63, 3.8) is 0 Å². The van der Waals surface area contributed by atoms with Crippen LogP contribution in [-0.4, -0.2) is 9.97 Å². The molecule has 0 spiro atoms. The van der Waals surface area contributed by atoms with Gasteiger partial charge in [0.05, 0.1) is 0 Å². The van der Waals surface area contributed by atoms with Crippen LogP contribution in [0.1, 0.15) is 184 Å². The Labute approximate surface area is 253 Å². The Balaban J connectivity index is 1.13. The molecule has 2 heteroatoms. The van der Waals surface area contributed by atoms with E-state index in [1.165, 1.54) is 159 Å². The summed E-state index contributed by atoms with van der Waals surface area (Å²) in [6, 6.07) is 9.24. The first-order valence-electron chi connectivity index (χ1n) is 18.2. The lowest BCUT2D eigenvalue weighted by Crippen LogP contribution is -2.14. The molecule has 2 aliphatic rings. The predicted molar refractivity (Wildman–Crippen MR) is 177 cm³/mol. The van der Waals surface area contributed by atoms with E-state index >= 15 is 0 Å². The van der Waals surface area contributed by atoms with Crippen LogP contribution in [0, 0.1) is 11.8 Å². The van der Waals surface area contributed by atoms with Gasteiger partial charge < -0.3 is 0 Å². The molecule has 1 aromatic heterocycles. The molecule has 1 heterocycles. The molecule has 41 heavy (non-hydrogen) atoms. The van der Waals surface area contributed by atoms with Crippen LogP contribution < -0.4 is 0 Å². The molecular formula is C39H62N2. The number of unbranched alkanes of at least 4 members (excludes halogenated alkanes) is 11. The maximum Gasteiger partial charge on any atom is 0.159 e. The fraction of sp³-hybridized carbons (Fsp3) is 0.744. The summed E-state index contributed by atoms with van der Waals surface area (Å²) in [6.45, 7) is 4.61. The van der Waals surface area contributed by atoms with Crippen molar-refractivity contribution in [2.24, 2.45) is 11.8 Å². The summed E-state index contributed by atoms with van der Waals surface area (Å²) < 4.78 is 0. The lowest BCUT2D eigenvalue weighted by molar-refractivity contribution is 0.301. The summed E-state index contributed by atoms with van der Waals surface area (Å²) in [5.74, 6) is 4.22. The van der Waals surface area contributed by atoms with Crippen molar-refractivity contribution < 1.29 is 0 Å². The summed E-state index contributed by atoms with van der Waals surface area (Å²) >= 11 is 0. The van der Waals surface area contributed by atoms with Gasteiger partial charge in [0.25, 0.3) is 0 Å². The number of hydrogen-bond acceptors (Lipinski definition) is 2. The molecule has 2 aliphatic carbocycles. The van der Waals surface area contributed by atoms with Gasteiger partial charge in [0.15, 0.2) is 5.82 Å². The average Bonchev–Trinajstić information content (AvgIpc) is 3.03. The number of nitrogens with zero attached hydrogens (tertiary/aromatic N) is 2. The topological polar surface area (TPSA) is 25.8 Å². The summed E-state index contributed by atoms with van der Waals surface area (Å²) in [6.07, 6.45) is 36.7. The maximum absolute atomic E-state index is 4.83. The van der Waals surface area contributed by atoms with Gasteiger partial charge in [-0.3, -0.25) is 0 Å². The minimum atomic E-state index is 0.660. The molecule has 0 radical (unpaired) electrons. The standard InChI is InChI=1S/C39H62N2/c1-3-5-7-9-10-11-13-15-17-33-20-24-36(25-21-33)38-30-40-39(41-31-38)37-28-26-35(27-29-37)34-22-18-32(19-23-34)16-14-12-8-6-4-2/h26-34,36H,3-25H2,1-2H3/t32-,33-,34-,36-. The Morgan fingerprint density at radius 1 is 0.488 bits per heavy atom. The molecule has 0 N–H and O–H groups in total. The molecular weight excluding hydrogens is 496 g/mol. The third kappa shape index (κ3) is 11.1. The van der Waals surface area contributed by atoms with E-state index in [0.717, 1.165) is 29.1 Å². The molecule has 0 saturated heterocycles. The van der Waals surface area contributed by atoms with E-state index in [4.69, 9.17) is 9.97 Å². The summed E-state index contributed by atoms with van der Waals surface area (Å²) in [7, 11) is 0. The van der Waals surface area contributed by atoms with Crippen molar-refractivity contribution >= 4 is 0 Å². The molecule has 2 aromatic rings. The van der Waals surface area contributed by atoms with Gasteiger partial charge in [0, 0.05) is 18.0 Å². The van der Waals surface area contributed by atoms with Crippen LogP contribution in [0.15, 0.2) is 36.7 Å². The molecule has 228 valence electrons. The Hall–Kier alpha value is -1.70. The third-order valence-electron chi connectivity index (χ3n) is 10.7. The van der Waals surface area contributed by atoms with Gasteiger partial charge >= 0.3 is 0 Å². The van der Waals surface area contributed by atoms with Gasteiger partial charge in [0.1, 0.15) is 0 Å². The monoisotopic (exact) mass is 558 g/mol. The van der Waals surface area contributed by atoms with Crippen molar-refractivity contribution in [1.29, 1.82) is 0 Å². The molecule has 0 unspecified atom stereocenters. The van der Waals surface area contributed by atoms with Crippen LogP contribution in [0.5, 0.6) is 0 Å². The highest BCUT2D eigenvalue weighted by Crippen LogP contribution is 2.39. The molecule has 2 nitrogen and oxygen atoms in total. The van der Waals surface area contributed by atoms with E-state index < -0.39 is 0 Å². The van der Waals surface area contributed by atoms with E-state index in [-0.39, 0.29) is 0 Å². The Bertz CT molecular complexity index is 917. The number of aromatic nitrogens is 2. The highest BCUT2D eigenvalue weighted by molar-refractivity contribution is 5.55. The number of rotatable bonds is 18. The van der Waals surface area contributed by atoms with Crippen LogP contribution in [0.3, 0.4) is 0 Å². The lowest BCUT2D eigenvalue weighted by atomic mass is 9.77. The first kappa shape index (κ1) is 32.2. The van der Waals surface area contributed by atoms with E-state index in [9.17, 15) is 0 Å². The predicted octanol–water partition coefficient (Wildman–Crippen LogP) is 12.6. The minimum Gasteiger partial charge on any atom is -0.236 e. The zero-order valence-electron chi connectivity index (χ0n) is 26.9. The van der Waals surface area contributed by atoms with E-state index in [1.54, 1.807) is 0 Å². The van der Waals surface area contributed by atoms with Crippen LogP contribution >= 0.6 is 0 Å². The van der Waals surface area contributed by atoms with E-state index in [2.05, 4.69) is 50.5 Å². The van der Waals surface area contributed by atoms with Crippen molar-refractivity contribution in [3.8, 4) is 11.4 Å². The zero-order valence-corrected chi connectivity index (χ0v) is 26.9. The molecule has 0 aliphatic heterocycles. The largest absolute Gasteiger partial charge is 0.236 e.